The molecular formula is C23H27F3N6O3. The van der Waals surface area contributed by atoms with Gasteiger partial charge in [-0.1, -0.05) is 0 Å². The molecule has 0 aromatic carbocycles. The van der Waals surface area contributed by atoms with Gasteiger partial charge in [0.2, 0.25) is 5.91 Å². The number of morpholine rings is 1. The van der Waals surface area contributed by atoms with Crippen LogP contribution in [0.15, 0.2) is 36.8 Å². The molecule has 188 valence electrons. The van der Waals surface area contributed by atoms with Crippen molar-refractivity contribution < 1.29 is 27.4 Å². The Hall–Kier alpha value is -3.25. The average Bonchev–Trinajstić information content (AvgIpc) is 3.21. The lowest BCUT2D eigenvalue weighted by Crippen LogP contribution is -2.54. The van der Waals surface area contributed by atoms with Gasteiger partial charge in [0.25, 0.3) is 0 Å². The molecule has 1 aliphatic rings. The van der Waals surface area contributed by atoms with Crippen LogP contribution in [0, 0.1) is 0 Å². The number of rotatable bonds is 6. The lowest BCUT2D eigenvalue weighted by atomic mass is 10.1. The molecular weight excluding hydrogens is 465 g/mol. The SMILES string of the molecule is CN(C)C(=O)COCC1CN(c2ccnc(-c3cnc4ccc(C(F)(F)F)cn34)n2)CC(C)(C)O1. The van der Waals surface area contributed by atoms with Crippen LogP contribution in [-0.2, 0) is 20.4 Å². The van der Waals surface area contributed by atoms with Crippen LogP contribution in [0.1, 0.15) is 19.4 Å². The number of imidazole rings is 1. The van der Waals surface area contributed by atoms with Gasteiger partial charge in [0.15, 0.2) is 5.82 Å². The number of pyridine rings is 1. The fourth-order valence-electron chi connectivity index (χ4n) is 3.93. The molecule has 1 saturated heterocycles. The first-order chi connectivity index (χ1) is 16.4. The quantitative estimate of drug-likeness (QED) is 0.523. The van der Waals surface area contributed by atoms with Gasteiger partial charge in [-0.05, 0) is 32.0 Å². The molecule has 3 aromatic heterocycles. The number of carbonyl (C=O) groups is 1. The summed E-state index contributed by atoms with van der Waals surface area (Å²) in [5.74, 6) is 0.713. The van der Waals surface area contributed by atoms with Gasteiger partial charge in [-0.2, -0.15) is 13.2 Å². The van der Waals surface area contributed by atoms with E-state index in [9.17, 15) is 18.0 Å². The minimum Gasteiger partial charge on any atom is -0.369 e. The highest BCUT2D eigenvalue weighted by Gasteiger charge is 2.35. The number of nitrogens with zero attached hydrogens (tertiary/aromatic N) is 6. The van der Waals surface area contributed by atoms with Crippen molar-refractivity contribution in [3.05, 3.63) is 42.4 Å². The number of hydrogen-bond donors (Lipinski definition) is 0. The minimum atomic E-state index is -4.48. The molecule has 0 N–H and O–H groups in total. The number of alkyl halides is 3. The van der Waals surface area contributed by atoms with Crippen molar-refractivity contribution in [2.24, 2.45) is 0 Å². The van der Waals surface area contributed by atoms with Crippen molar-refractivity contribution in [1.82, 2.24) is 24.3 Å². The standard InChI is InChI=1S/C23H27F3N6O3/c1-22(2)14-31(11-16(35-22)12-34-13-20(33)30(3)4)19-7-8-27-21(29-19)17-9-28-18-6-5-15(10-32(17)18)23(24,25)26/h5-10,16H,11-14H2,1-4H3. The number of aromatic nitrogens is 4. The van der Waals surface area contributed by atoms with Crippen molar-refractivity contribution in [2.45, 2.75) is 31.7 Å². The summed E-state index contributed by atoms with van der Waals surface area (Å²) in [5.41, 5.74) is -0.596. The summed E-state index contributed by atoms with van der Waals surface area (Å²) in [7, 11) is 3.32. The highest BCUT2D eigenvalue weighted by Crippen LogP contribution is 2.31. The van der Waals surface area contributed by atoms with E-state index in [2.05, 4.69) is 15.0 Å². The summed E-state index contributed by atoms with van der Waals surface area (Å²) in [4.78, 5) is 28.4. The van der Waals surface area contributed by atoms with Crippen LogP contribution >= 0.6 is 0 Å². The first-order valence-electron chi connectivity index (χ1n) is 11.0. The Labute approximate surface area is 200 Å². The maximum Gasteiger partial charge on any atom is 0.417 e. The van der Waals surface area contributed by atoms with Crippen LogP contribution in [0.25, 0.3) is 17.2 Å². The highest BCUT2D eigenvalue weighted by molar-refractivity contribution is 5.76. The number of anilines is 1. The van der Waals surface area contributed by atoms with E-state index in [4.69, 9.17) is 9.47 Å². The number of hydrogen-bond acceptors (Lipinski definition) is 7. The highest BCUT2D eigenvalue weighted by atomic mass is 19.4. The Balaban J connectivity index is 1.57. The molecule has 0 radical (unpaired) electrons. The van der Waals surface area contributed by atoms with E-state index in [1.54, 1.807) is 26.4 Å². The zero-order valence-corrected chi connectivity index (χ0v) is 19.9. The van der Waals surface area contributed by atoms with E-state index in [1.165, 1.54) is 21.6 Å². The van der Waals surface area contributed by atoms with Crippen molar-refractivity contribution in [3.63, 3.8) is 0 Å². The first kappa shape index (κ1) is 24.9. The molecule has 0 spiro atoms. The molecule has 9 nitrogen and oxygen atoms in total. The average molecular weight is 493 g/mol. The van der Waals surface area contributed by atoms with Gasteiger partial charge in [0.1, 0.15) is 23.8 Å². The molecule has 1 atom stereocenters. The zero-order valence-electron chi connectivity index (χ0n) is 19.9. The van der Waals surface area contributed by atoms with Crippen LogP contribution in [0.4, 0.5) is 19.0 Å². The third kappa shape index (κ3) is 5.70. The van der Waals surface area contributed by atoms with Gasteiger partial charge >= 0.3 is 6.18 Å². The molecule has 0 saturated carbocycles. The van der Waals surface area contributed by atoms with Crippen molar-refractivity contribution >= 4 is 17.4 Å². The summed E-state index contributed by atoms with van der Waals surface area (Å²) < 4.78 is 52.7. The molecule has 0 bridgehead atoms. The van der Waals surface area contributed by atoms with Crippen LogP contribution in [0.2, 0.25) is 0 Å². The Morgan fingerprint density at radius 2 is 2.03 bits per heavy atom. The maximum atomic E-state index is 13.2. The fourth-order valence-corrected chi connectivity index (χ4v) is 3.93. The molecule has 1 unspecified atom stereocenters. The van der Waals surface area contributed by atoms with Crippen LogP contribution in [0.5, 0.6) is 0 Å². The lowest BCUT2D eigenvalue weighted by Gasteiger charge is -2.43. The summed E-state index contributed by atoms with van der Waals surface area (Å²) in [6, 6.07) is 4.04. The zero-order chi connectivity index (χ0) is 25.4. The second-order valence-electron chi connectivity index (χ2n) is 9.21. The van der Waals surface area contributed by atoms with E-state index in [1.807, 2.05) is 18.7 Å². The van der Waals surface area contributed by atoms with E-state index >= 15 is 0 Å². The molecule has 1 amide bonds. The number of ether oxygens (including phenoxy) is 2. The summed E-state index contributed by atoms with van der Waals surface area (Å²) in [5, 5.41) is 0. The molecule has 4 rings (SSSR count). The predicted octanol–water partition coefficient (Wildman–Crippen LogP) is 2.90. The summed E-state index contributed by atoms with van der Waals surface area (Å²) in [6.45, 7) is 5.07. The van der Waals surface area contributed by atoms with Crippen LogP contribution < -0.4 is 4.90 Å². The van der Waals surface area contributed by atoms with Gasteiger partial charge in [-0.15, -0.1) is 0 Å². The van der Waals surface area contributed by atoms with Gasteiger partial charge in [-0.25, -0.2) is 15.0 Å². The third-order valence-electron chi connectivity index (χ3n) is 5.54. The van der Waals surface area contributed by atoms with Crippen LogP contribution in [-0.4, -0.2) is 82.3 Å². The third-order valence-corrected chi connectivity index (χ3v) is 5.54. The molecule has 0 aliphatic carbocycles. The molecule has 12 heteroatoms. The first-order valence-corrected chi connectivity index (χ1v) is 11.0. The van der Waals surface area contributed by atoms with Gasteiger partial charge in [0.05, 0.1) is 30.1 Å². The van der Waals surface area contributed by atoms with E-state index in [0.29, 0.717) is 30.2 Å². The minimum absolute atomic E-state index is 0.0425. The number of halogens is 3. The van der Waals surface area contributed by atoms with Crippen molar-refractivity contribution in [1.29, 1.82) is 0 Å². The largest absolute Gasteiger partial charge is 0.417 e. The Kier molecular flexibility index (Phi) is 6.69. The fraction of sp³-hybridized carbons (Fsp3) is 0.478. The molecule has 3 aromatic rings. The Morgan fingerprint density at radius 3 is 2.74 bits per heavy atom. The number of amides is 1. The van der Waals surface area contributed by atoms with Crippen LogP contribution in [0.3, 0.4) is 0 Å². The summed E-state index contributed by atoms with van der Waals surface area (Å²) in [6.07, 6.45) is -0.776. The van der Waals surface area contributed by atoms with Crippen molar-refractivity contribution in [3.8, 4) is 11.5 Å². The van der Waals surface area contributed by atoms with E-state index in [0.717, 1.165) is 12.3 Å². The Bertz CT molecular complexity index is 1210. The predicted molar refractivity (Wildman–Crippen MR) is 122 cm³/mol. The topological polar surface area (TPSA) is 85.1 Å². The molecule has 4 heterocycles. The van der Waals surface area contributed by atoms with E-state index in [-0.39, 0.29) is 31.0 Å². The van der Waals surface area contributed by atoms with E-state index < -0.39 is 17.3 Å². The van der Waals surface area contributed by atoms with Gasteiger partial charge in [0, 0.05) is 39.6 Å². The van der Waals surface area contributed by atoms with Gasteiger partial charge in [-0.3, -0.25) is 9.20 Å². The Morgan fingerprint density at radius 1 is 1.26 bits per heavy atom. The second kappa shape index (κ2) is 9.42. The monoisotopic (exact) mass is 492 g/mol. The lowest BCUT2D eigenvalue weighted by molar-refractivity contribution is -0.140. The molecule has 35 heavy (non-hydrogen) atoms. The number of carbonyl (C=O) groups excluding carboxylic acids is 1. The smallest absolute Gasteiger partial charge is 0.369 e. The molecule has 1 aliphatic heterocycles. The molecule has 1 fully saturated rings. The normalized spacial score (nSPS) is 18.1. The number of fused-ring (bicyclic) bond motifs is 1. The number of likely N-dealkylation sites (N-methyl/N-ethyl adjacent to an activating group) is 1. The maximum absolute atomic E-state index is 13.2. The van der Waals surface area contributed by atoms with Crippen molar-refractivity contribution in [2.75, 3.05) is 45.3 Å². The van der Waals surface area contributed by atoms with Gasteiger partial charge < -0.3 is 19.3 Å². The summed E-state index contributed by atoms with van der Waals surface area (Å²) >= 11 is 0. The second-order valence-corrected chi connectivity index (χ2v) is 9.21.